The molecule has 9 heteroatoms. The van der Waals surface area contributed by atoms with Crippen LogP contribution in [0.5, 0.6) is 0 Å². The van der Waals surface area contributed by atoms with Gasteiger partial charge in [-0.2, -0.15) is 0 Å². The van der Waals surface area contributed by atoms with Crippen LogP contribution in [0.4, 0.5) is 11.6 Å². The van der Waals surface area contributed by atoms with Crippen LogP contribution < -0.4 is 16.0 Å². The van der Waals surface area contributed by atoms with Crippen molar-refractivity contribution in [2.75, 3.05) is 30.4 Å². The molecule has 1 fully saturated rings. The molecule has 30 heavy (non-hydrogen) atoms. The van der Waals surface area contributed by atoms with E-state index in [4.69, 9.17) is 15.5 Å². The highest BCUT2D eigenvalue weighted by molar-refractivity contribution is 6.02. The highest BCUT2D eigenvalue weighted by Crippen LogP contribution is 2.33. The monoisotopic (exact) mass is 410 g/mol. The number of aromatic nitrogens is 3. The number of anilines is 2. The summed E-state index contributed by atoms with van der Waals surface area (Å²) in [5.74, 6) is 0.760. The normalized spacial score (nSPS) is 21.1. The zero-order valence-corrected chi connectivity index (χ0v) is 17.2. The standard InChI is InChI=1S/C21H26N6O3/c1-12-7-8-23-18(19(22)29)17(12)15-9-24-20-21(26-15)27(16(28)10-25-20)11-13-3-5-14(30-2)6-4-13/h7-9,13-14H,3-6,10-11H2,1-2H3,(H2,22,29)(H,24,25). The lowest BCUT2D eigenvalue weighted by molar-refractivity contribution is -0.117. The summed E-state index contributed by atoms with van der Waals surface area (Å²) >= 11 is 0. The van der Waals surface area contributed by atoms with E-state index in [0.29, 0.717) is 41.5 Å². The molecule has 2 aliphatic rings. The van der Waals surface area contributed by atoms with Crippen molar-refractivity contribution in [2.24, 2.45) is 11.7 Å². The summed E-state index contributed by atoms with van der Waals surface area (Å²) in [6.07, 6.45) is 7.43. The van der Waals surface area contributed by atoms with Gasteiger partial charge in [0.2, 0.25) is 5.91 Å². The van der Waals surface area contributed by atoms with Crippen molar-refractivity contribution in [3.05, 3.63) is 29.7 Å². The number of carbonyl (C=O) groups excluding carboxylic acids is 2. The molecule has 3 N–H and O–H groups in total. The number of methoxy groups -OCH3 is 1. The smallest absolute Gasteiger partial charge is 0.268 e. The molecule has 0 aromatic carbocycles. The third kappa shape index (κ3) is 3.85. The molecule has 0 atom stereocenters. The molecule has 1 aliphatic carbocycles. The number of primary amides is 1. The first-order valence-electron chi connectivity index (χ1n) is 10.2. The fourth-order valence-electron chi connectivity index (χ4n) is 4.25. The number of fused-ring (bicyclic) bond motifs is 1. The molecule has 2 amide bonds. The van der Waals surface area contributed by atoms with Crippen molar-refractivity contribution >= 4 is 23.5 Å². The van der Waals surface area contributed by atoms with Crippen LogP contribution in [0.15, 0.2) is 18.5 Å². The number of hydrogen-bond acceptors (Lipinski definition) is 7. The number of pyridine rings is 1. The van der Waals surface area contributed by atoms with E-state index in [0.717, 1.165) is 31.2 Å². The molecule has 2 aromatic heterocycles. The van der Waals surface area contributed by atoms with Gasteiger partial charge in [-0.3, -0.25) is 19.5 Å². The van der Waals surface area contributed by atoms with Gasteiger partial charge in [-0.15, -0.1) is 0 Å². The maximum atomic E-state index is 12.7. The molecule has 2 aromatic rings. The Morgan fingerprint density at radius 3 is 2.77 bits per heavy atom. The Kier molecular flexibility index (Phi) is 5.63. The van der Waals surface area contributed by atoms with Crippen molar-refractivity contribution in [1.29, 1.82) is 0 Å². The summed E-state index contributed by atoms with van der Waals surface area (Å²) in [4.78, 5) is 39.7. The second kappa shape index (κ2) is 8.35. The minimum Gasteiger partial charge on any atom is -0.381 e. The predicted octanol–water partition coefficient (Wildman–Crippen LogP) is 1.91. The molecule has 9 nitrogen and oxygen atoms in total. The SMILES string of the molecule is COC1CCC(CN2C(=O)CNc3ncc(-c4c(C)ccnc4C(N)=O)nc32)CC1. The number of nitrogens with zero attached hydrogens (tertiary/aromatic N) is 4. The van der Waals surface area contributed by atoms with Gasteiger partial charge in [0.25, 0.3) is 5.91 Å². The second-order valence-electron chi connectivity index (χ2n) is 7.88. The number of nitrogens with one attached hydrogen (secondary N) is 1. The van der Waals surface area contributed by atoms with Gasteiger partial charge in [-0.25, -0.2) is 9.97 Å². The molecule has 0 bridgehead atoms. The van der Waals surface area contributed by atoms with E-state index in [2.05, 4.69) is 15.3 Å². The molecule has 0 unspecified atom stereocenters. The fraction of sp³-hybridized carbons (Fsp3) is 0.476. The predicted molar refractivity (Wildman–Crippen MR) is 112 cm³/mol. The molecular formula is C21H26N6O3. The Hall–Kier alpha value is -3.07. The number of amides is 2. The van der Waals surface area contributed by atoms with E-state index in [1.54, 1.807) is 30.5 Å². The number of nitrogens with two attached hydrogens (primary N) is 1. The Balaban J connectivity index is 1.67. The first-order chi connectivity index (χ1) is 14.5. The van der Waals surface area contributed by atoms with Crippen molar-refractivity contribution in [3.8, 4) is 11.3 Å². The minimum atomic E-state index is -0.630. The van der Waals surface area contributed by atoms with Crippen LogP contribution in [0.25, 0.3) is 11.3 Å². The molecule has 3 heterocycles. The lowest BCUT2D eigenvalue weighted by Crippen LogP contribution is -2.44. The molecule has 0 spiro atoms. The van der Waals surface area contributed by atoms with Gasteiger partial charge in [-0.05, 0) is 50.2 Å². The van der Waals surface area contributed by atoms with Gasteiger partial charge < -0.3 is 15.8 Å². The summed E-state index contributed by atoms with van der Waals surface area (Å²) in [6.45, 7) is 2.64. The lowest BCUT2D eigenvalue weighted by atomic mass is 9.87. The van der Waals surface area contributed by atoms with E-state index in [9.17, 15) is 9.59 Å². The molecule has 158 valence electrons. The third-order valence-electron chi connectivity index (χ3n) is 5.93. The fourth-order valence-corrected chi connectivity index (χ4v) is 4.25. The molecular weight excluding hydrogens is 384 g/mol. The van der Waals surface area contributed by atoms with E-state index in [1.165, 1.54) is 0 Å². The van der Waals surface area contributed by atoms with Gasteiger partial charge in [0.05, 0.1) is 24.5 Å². The first kappa shape index (κ1) is 20.2. The zero-order valence-electron chi connectivity index (χ0n) is 17.2. The Morgan fingerprint density at radius 1 is 1.30 bits per heavy atom. The first-order valence-corrected chi connectivity index (χ1v) is 10.2. The Labute approximate surface area is 175 Å². The van der Waals surface area contributed by atoms with E-state index in [-0.39, 0.29) is 18.1 Å². The molecule has 0 saturated heterocycles. The van der Waals surface area contributed by atoms with Crippen LogP contribution in [0.1, 0.15) is 41.7 Å². The number of ether oxygens (including phenoxy) is 1. The maximum absolute atomic E-state index is 12.7. The summed E-state index contributed by atoms with van der Waals surface area (Å²) in [6, 6.07) is 1.79. The number of aryl methyl sites for hydroxylation is 1. The topological polar surface area (TPSA) is 123 Å². The molecule has 1 aliphatic heterocycles. The van der Waals surface area contributed by atoms with Gasteiger partial charge in [0.15, 0.2) is 11.6 Å². The lowest BCUT2D eigenvalue weighted by Gasteiger charge is -2.34. The Morgan fingerprint density at radius 2 is 2.07 bits per heavy atom. The average molecular weight is 410 g/mol. The average Bonchev–Trinajstić information content (AvgIpc) is 2.75. The Bertz CT molecular complexity index is 971. The molecule has 4 rings (SSSR count). The van der Waals surface area contributed by atoms with Crippen molar-refractivity contribution in [3.63, 3.8) is 0 Å². The quantitative estimate of drug-likeness (QED) is 0.772. The second-order valence-corrected chi connectivity index (χ2v) is 7.88. The number of hydrogen-bond donors (Lipinski definition) is 2. The summed E-state index contributed by atoms with van der Waals surface area (Å²) in [5.41, 5.74) is 7.48. The highest BCUT2D eigenvalue weighted by atomic mass is 16.5. The maximum Gasteiger partial charge on any atom is 0.268 e. The van der Waals surface area contributed by atoms with Crippen molar-refractivity contribution in [2.45, 2.75) is 38.7 Å². The van der Waals surface area contributed by atoms with Crippen LogP contribution >= 0.6 is 0 Å². The van der Waals surface area contributed by atoms with Crippen LogP contribution in [-0.2, 0) is 9.53 Å². The van der Waals surface area contributed by atoms with E-state index < -0.39 is 5.91 Å². The number of carbonyl (C=O) groups is 2. The van der Waals surface area contributed by atoms with Gasteiger partial charge in [0.1, 0.15) is 5.69 Å². The largest absolute Gasteiger partial charge is 0.381 e. The minimum absolute atomic E-state index is 0.0409. The third-order valence-corrected chi connectivity index (χ3v) is 5.93. The molecule has 1 saturated carbocycles. The van der Waals surface area contributed by atoms with Gasteiger partial charge >= 0.3 is 0 Å². The van der Waals surface area contributed by atoms with Crippen LogP contribution in [0.2, 0.25) is 0 Å². The zero-order chi connectivity index (χ0) is 21.3. The van der Waals surface area contributed by atoms with Crippen molar-refractivity contribution in [1.82, 2.24) is 15.0 Å². The van der Waals surface area contributed by atoms with Crippen LogP contribution in [0.3, 0.4) is 0 Å². The van der Waals surface area contributed by atoms with Crippen LogP contribution in [0, 0.1) is 12.8 Å². The van der Waals surface area contributed by atoms with E-state index >= 15 is 0 Å². The molecule has 0 radical (unpaired) electrons. The summed E-state index contributed by atoms with van der Waals surface area (Å²) < 4.78 is 5.46. The van der Waals surface area contributed by atoms with E-state index in [1.807, 2.05) is 6.92 Å². The van der Waals surface area contributed by atoms with Crippen molar-refractivity contribution < 1.29 is 14.3 Å². The summed E-state index contributed by atoms with van der Waals surface area (Å²) in [5, 5.41) is 3.03. The van der Waals surface area contributed by atoms with Crippen LogP contribution in [-0.4, -0.2) is 53.1 Å². The number of rotatable bonds is 5. The van der Waals surface area contributed by atoms with Gasteiger partial charge in [0, 0.05) is 25.4 Å². The van der Waals surface area contributed by atoms with Gasteiger partial charge in [-0.1, -0.05) is 0 Å². The highest BCUT2D eigenvalue weighted by Gasteiger charge is 2.31. The summed E-state index contributed by atoms with van der Waals surface area (Å²) in [7, 11) is 1.75.